The summed E-state index contributed by atoms with van der Waals surface area (Å²) in [5.74, 6) is -0.000279. The Morgan fingerprint density at radius 2 is 1.97 bits per heavy atom. The van der Waals surface area contributed by atoms with Crippen molar-refractivity contribution in [1.82, 2.24) is 14.8 Å². The Balaban J connectivity index is 1.45. The lowest BCUT2D eigenvalue weighted by atomic mass is 9.97. The van der Waals surface area contributed by atoms with Crippen molar-refractivity contribution in [3.63, 3.8) is 0 Å². The molecule has 1 aliphatic carbocycles. The largest absolute Gasteiger partial charge is 0.370 e. The molecule has 2 aromatic rings. The van der Waals surface area contributed by atoms with Crippen molar-refractivity contribution in [2.75, 3.05) is 5.75 Å². The third-order valence-electron chi connectivity index (χ3n) is 5.52. The van der Waals surface area contributed by atoms with Gasteiger partial charge in [0.15, 0.2) is 0 Å². The van der Waals surface area contributed by atoms with Gasteiger partial charge in [0.05, 0.1) is 11.8 Å². The molecule has 7 nitrogen and oxygen atoms in total. The van der Waals surface area contributed by atoms with E-state index in [9.17, 15) is 16.8 Å². The Morgan fingerprint density at radius 1 is 1.15 bits per heavy atom. The first-order chi connectivity index (χ1) is 16.4. The van der Waals surface area contributed by atoms with Crippen LogP contribution in [0.1, 0.15) is 28.7 Å². The summed E-state index contributed by atoms with van der Waals surface area (Å²) in [4.78, 5) is 1.18. The third-order valence-corrected chi connectivity index (χ3v) is 9.57. The van der Waals surface area contributed by atoms with Gasteiger partial charge in [-0.1, -0.05) is 60.2 Å². The Labute approximate surface area is 210 Å². The topological polar surface area (TPSA) is 104 Å². The van der Waals surface area contributed by atoms with Crippen LogP contribution in [0.4, 0.5) is 0 Å². The molecule has 0 fully saturated rings. The van der Waals surface area contributed by atoms with Crippen LogP contribution in [0.15, 0.2) is 82.8 Å². The average Bonchev–Trinajstić information content (AvgIpc) is 3.51. The lowest BCUT2D eigenvalue weighted by molar-refractivity contribution is 0.553. The highest BCUT2D eigenvalue weighted by Gasteiger charge is 2.28. The van der Waals surface area contributed by atoms with E-state index in [4.69, 9.17) is 0 Å². The molecule has 4 rings (SSSR count). The van der Waals surface area contributed by atoms with Crippen molar-refractivity contribution in [3.8, 4) is 0 Å². The predicted octanol–water partition coefficient (Wildman–Crippen LogP) is 3.22. The zero-order valence-electron chi connectivity index (χ0n) is 18.3. The number of benzene rings is 1. The van der Waals surface area contributed by atoms with Crippen molar-refractivity contribution >= 4 is 44.0 Å². The van der Waals surface area contributed by atoms with Gasteiger partial charge in [-0.05, 0) is 41.7 Å². The van der Waals surface area contributed by atoms with Crippen LogP contribution in [0.5, 0.6) is 0 Å². The number of sulfonamides is 1. The summed E-state index contributed by atoms with van der Waals surface area (Å²) in [6.45, 7) is 0. The quantitative estimate of drug-likeness (QED) is 0.328. The smallest absolute Gasteiger partial charge is 0.212 e. The first-order valence-electron chi connectivity index (χ1n) is 10.9. The molecule has 0 saturated heterocycles. The van der Waals surface area contributed by atoms with Crippen LogP contribution in [0.3, 0.4) is 0 Å². The van der Waals surface area contributed by atoms with Crippen LogP contribution in [-0.4, -0.2) is 34.7 Å². The molecule has 11 heteroatoms. The van der Waals surface area contributed by atoms with Crippen LogP contribution in [0.25, 0.3) is 0 Å². The molecule has 2 unspecified atom stereocenters. The molecule has 3 N–H and O–H groups in total. The second kappa shape index (κ2) is 11.7. The Hall–Kier alpha value is -1.89. The van der Waals surface area contributed by atoms with E-state index in [2.05, 4.69) is 20.8 Å². The van der Waals surface area contributed by atoms with E-state index in [1.807, 2.05) is 59.3 Å². The van der Waals surface area contributed by atoms with Gasteiger partial charge in [-0.3, -0.25) is 0 Å². The molecule has 3 atom stereocenters. The third kappa shape index (κ3) is 7.30. The van der Waals surface area contributed by atoms with Gasteiger partial charge >= 0.3 is 0 Å². The second-order valence-corrected chi connectivity index (χ2v) is 12.6. The summed E-state index contributed by atoms with van der Waals surface area (Å²) < 4.78 is 53.3. The number of rotatable bonds is 11. The van der Waals surface area contributed by atoms with E-state index in [0.717, 1.165) is 16.8 Å². The number of thioether (sulfide) groups is 1. The highest BCUT2D eigenvalue weighted by Crippen LogP contribution is 2.38. The monoisotopic (exact) mass is 537 g/mol. The molecule has 1 aliphatic heterocycles. The molecule has 182 valence electrons. The van der Waals surface area contributed by atoms with Crippen molar-refractivity contribution in [3.05, 3.63) is 93.2 Å². The summed E-state index contributed by atoms with van der Waals surface area (Å²) in [6.07, 6.45) is 7.06. The minimum atomic E-state index is -3.55. The average molecular weight is 538 g/mol. The van der Waals surface area contributed by atoms with E-state index in [0.29, 0.717) is 19.3 Å². The SMILES string of the molecule is O=[SH](=O)NC1C=CC(C[C@H](NS(=O)(=O)CCc2ccccc2)C2=CSC(c3cccs3)N2)=CC1. The molecule has 0 spiro atoms. The number of hydrogen-bond donors (Lipinski definition) is 4. The summed E-state index contributed by atoms with van der Waals surface area (Å²) in [7, 11) is -6.22. The fourth-order valence-corrected chi connectivity index (χ4v) is 7.44. The molecule has 0 radical (unpaired) electrons. The van der Waals surface area contributed by atoms with Crippen molar-refractivity contribution < 1.29 is 16.8 Å². The number of thiol groups is 1. The zero-order chi connectivity index (χ0) is 24.0. The number of aryl methyl sites for hydroxylation is 1. The maximum Gasteiger partial charge on any atom is 0.212 e. The molecular formula is C23H27N3O4S4. The molecule has 1 aromatic heterocycles. The van der Waals surface area contributed by atoms with Gasteiger partial charge in [0.25, 0.3) is 0 Å². The van der Waals surface area contributed by atoms with E-state index < -0.39 is 27.0 Å². The van der Waals surface area contributed by atoms with Gasteiger partial charge in [0.2, 0.25) is 20.9 Å². The van der Waals surface area contributed by atoms with Crippen molar-refractivity contribution in [2.24, 2.45) is 0 Å². The van der Waals surface area contributed by atoms with Gasteiger partial charge in [-0.25, -0.2) is 26.3 Å². The van der Waals surface area contributed by atoms with Gasteiger partial charge in [-0.15, -0.1) is 23.1 Å². The minimum Gasteiger partial charge on any atom is -0.370 e. The molecule has 34 heavy (non-hydrogen) atoms. The van der Waals surface area contributed by atoms with E-state index in [1.54, 1.807) is 29.2 Å². The summed E-state index contributed by atoms with van der Waals surface area (Å²) in [6, 6.07) is 12.9. The highest BCUT2D eigenvalue weighted by atomic mass is 32.2. The summed E-state index contributed by atoms with van der Waals surface area (Å²) >= 11 is 3.29. The number of allylic oxidation sites excluding steroid dienone is 1. The van der Waals surface area contributed by atoms with E-state index >= 15 is 0 Å². The molecular weight excluding hydrogens is 511 g/mol. The lowest BCUT2D eigenvalue weighted by Gasteiger charge is -2.24. The van der Waals surface area contributed by atoms with Crippen molar-refractivity contribution in [1.29, 1.82) is 0 Å². The zero-order valence-corrected chi connectivity index (χ0v) is 21.6. The standard InChI is InChI=1S/C23H27N3O4S4/c27-33(28)25-19-10-8-18(9-11-19)15-20(21-16-32-23(24-21)22-7-4-13-31-22)26-34(29,30)14-12-17-5-2-1-3-6-17/h1-10,13,16,19-20,23-24,26,33H,11-12,14-15H2,(H,25,27,28)/t19?,20-,23?/m0/s1. The van der Waals surface area contributed by atoms with Crippen molar-refractivity contribution in [2.45, 2.75) is 36.7 Å². The fourth-order valence-electron chi connectivity index (χ4n) is 3.79. The number of hydrogen-bond acceptors (Lipinski definition) is 7. The molecule has 2 aliphatic rings. The van der Waals surface area contributed by atoms with Gasteiger partial charge in [0, 0.05) is 16.6 Å². The van der Waals surface area contributed by atoms with Gasteiger partial charge in [-0.2, -0.15) is 0 Å². The van der Waals surface area contributed by atoms with E-state index in [-0.39, 0.29) is 17.2 Å². The Bertz CT molecular complexity index is 1230. The molecule has 0 saturated carbocycles. The Morgan fingerprint density at radius 3 is 2.65 bits per heavy atom. The van der Waals surface area contributed by atoms with Crippen LogP contribution in [-0.2, 0) is 27.3 Å². The lowest BCUT2D eigenvalue weighted by Crippen LogP contribution is -2.41. The summed E-state index contributed by atoms with van der Waals surface area (Å²) in [5, 5.41) is 7.56. The predicted molar refractivity (Wildman–Crippen MR) is 140 cm³/mol. The first kappa shape index (κ1) is 25.2. The minimum absolute atomic E-state index is 0.000279. The maximum absolute atomic E-state index is 13.0. The van der Waals surface area contributed by atoms with Gasteiger partial charge in [0.1, 0.15) is 5.37 Å². The Kier molecular flexibility index (Phi) is 8.67. The first-order valence-corrected chi connectivity index (χ1v) is 15.5. The van der Waals surface area contributed by atoms with Crippen LogP contribution >= 0.6 is 23.1 Å². The maximum atomic E-state index is 13.0. The highest BCUT2D eigenvalue weighted by molar-refractivity contribution is 8.02. The van der Waals surface area contributed by atoms with Crippen LogP contribution in [0, 0.1) is 0 Å². The van der Waals surface area contributed by atoms with Crippen LogP contribution < -0.4 is 14.8 Å². The number of nitrogens with one attached hydrogen (secondary N) is 3. The normalized spacial score (nSPS) is 21.2. The van der Waals surface area contributed by atoms with Gasteiger partial charge < -0.3 is 5.32 Å². The molecule has 0 bridgehead atoms. The summed E-state index contributed by atoms with van der Waals surface area (Å²) in [5.41, 5.74) is 2.77. The number of thiophene rings is 1. The van der Waals surface area contributed by atoms with Crippen LogP contribution in [0.2, 0.25) is 0 Å². The molecule has 1 aromatic carbocycles. The molecule has 0 amide bonds. The van der Waals surface area contributed by atoms with E-state index in [1.165, 1.54) is 4.88 Å². The second-order valence-electron chi connectivity index (χ2n) is 8.04. The molecule has 2 heterocycles. The fraction of sp³-hybridized carbons (Fsp3) is 0.304.